The molecule has 0 aromatic heterocycles. The summed E-state index contributed by atoms with van der Waals surface area (Å²) in [6.45, 7) is 4.33. The van der Waals surface area contributed by atoms with E-state index in [0.29, 0.717) is 13.0 Å². The molecule has 0 aliphatic rings. The monoisotopic (exact) mass is 254 g/mol. The molecular formula is C17H18O2. The van der Waals surface area contributed by atoms with Crippen LogP contribution in [0.2, 0.25) is 0 Å². The van der Waals surface area contributed by atoms with Crippen LogP contribution >= 0.6 is 0 Å². The lowest BCUT2D eigenvalue weighted by atomic mass is 9.99. The number of benzene rings is 2. The standard InChI is InChI=1S/C17H18O2/c1-3-19-17(18)10-6-9-15-13(2)11-12-14-7-4-5-8-16(14)15/h4-9,11-12H,3,10H2,1-2H3. The maximum absolute atomic E-state index is 11.3. The van der Waals surface area contributed by atoms with Gasteiger partial charge in [0, 0.05) is 0 Å². The predicted molar refractivity (Wildman–Crippen MR) is 79.0 cm³/mol. The largest absolute Gasteiger partial charge is 0.466 e. The van der Waals surface area contributed by atoms with Gasteiger partial charge in [-0.05, 0) is 35.7 Å². The number of ether oxygens (including phenoxy) is 1. The Kier molecular flexibility index (Phi) is 4.35. The summed E-state index contributed by atoms with van der Waals surface area (Å²) in [5.74, 6) is -0.184. The normalized spacial score (nSPS) is 11.1. The molecule has 0 atom stereocenters. The zero-order valence-corrected chi connectivity index (χ0v) is 11.3. The molecule has 0 saturated carbocycles. The first-order valence-electron chi connectivity index (χ1n) is 6.53. The zero-order chi connectivity index (χ0) is 13.7. The van der Waals surface area contributed by atoms with Crippen molar-refractivity contribution in [1.82, 2.24) is 0 Å². The summed E-state index contributed by atoms with van der Waals surface area (Å²) in [4.78, 5) is 11.3. The minimum Gasteiger partial charge on any atom is -0.466 e. The predicted octanol–water partition coefficient (Wildman–Crippen LogP) is 4.11. The molecular weight excluding hydrogens is 236 g/mol. The fourth-order valence-electron chi connectivity index (χ4n) is 2.12. The molecule has 2 aromatic rings. The Bertz CT molecular complexity index is 612. The van der Waals surface area contributed by atoms with Crippen LogP contribution in [0.4, 0.5) is 0 Å². The van der Waals surface area contributed by atoms with E-state index < -0.39 is 0 Å². The number of carbonyl (C=O) groups is 1. The van der Waals surface area contributed by atoms with Crippen LogP contribution in [0.5, 0.6) is 0 Å². The third kappa shape index (κ3) is 3.22. The van der Waals surface area contributed by atoms with Crippen LogP contribution in [-0.2, 0) is 9.53 Å². The molecule has 0 amide bonds. The molecule has 2 heteroatoms. The first-order chi connectivity index (χ1) is 9.22. The Morgan fingerprint density at radius 2 is 2.00 bits per heavy atom. The van der Waals surface area contributed by atoms with Gasteiger partial charge in [-0.15, -0.1) is 0 Å². The number of carbonyl (C=O) groups excluding carboxylic acids is 1. The van der Waals surface area contributed by atoms with Gasteiger partial charge in [-0.3, -0.25) is 4.79 Å². The van der Waals surface area contributed by atoms with Gasteiger partial charge in [-0.1, -0.05) is 48.6 Å². The molecule has 0 spiro atoms. The Hall–Kier alpha value is -2.09. The molecule has 2 rings (SSSR count). The molecule has 2 aromatic carbocycles. The van der Waals surface area contributed by atoms with Gasteiger partial charge in [0.25, 0.3) is 0 Å². The van der Waals surface area contributed by atoms with E-state index in [4.69, 9.17) is 4.74 Å². The SMILES string of the molecule is CCOC(=O)CC=Cc1c(C)ccc2ccccc12. The van der Waals surface area contributed by atoms with E-state index in [-0.39, 0.29) is 5.97 Å². The average Bonchev–Trinajstić information content (AvgIpc) is 2.41. The molecule has 0 unspecified atom stereocenters. The van der Waals surface area contributed by atoms with Crippen molar-refractivity contribution in [2.45, 2.75) is 20.3 Å². The van der Waals surface area contributed by atoms with Crippen molar-refractivity contribution >= 4 is 22.8 Å². The van der Waals surface area contributed by atoms with E-state index in [0.717, 1.165) is 0 Å². The van der Waals surface area contributed by atoms with Crippen molar-refractivity contribution in [1.29, 1.82) is 0 Å². The molecule has 0 aliphatic heterocycles. The maximum Gasteiger partial charge on any atom is 0.309 e. The van der Waals surface area contributed by atoms with Gasteiger partial charge in [0.1, 0.15) is 0 Å². The molecule has 2 nitrogen and oxygen atoms in total. The third-order valence-corrected chi connectivity index (χ3v) is 3.06. The van der Waals surface area contributed by atoms with E-state index in [9.17, 15) is 4.79 Å². The number of esters is 1. The maximum atomic E-state index is 11.3. The minimum absolute atomic E-state index is 0.184. The highest BCUT2D eigenvalue weighted by atomic mass is 16.5. The lowest BCUT2D eigenvalue weighted by Gasteiger charge is -2.06. The lowest BCUT2D eigenvalue weighted by Crippen LogP contribution is -2.01. The van der Waals surface area contributed by atoms with Crippen molar-refractivity contribution in [3.8, 4) is 0 Å². The van der Waals surface area contributed by atoms with Crippen LogP contribution < -0.4 is 0 Å². The summed E-state index contributed by atoms with van der Waals surface area (Å²) >= 11 is 0. The second-order valence-corrected chi connectivity index (χ2v) is 4.43. The highest BCUT2D eigenvalue weighted by molar-refractivity contribution is 5.92. The molecule has 0 heterocycles. The van der Waals surface area contributed by atoms with Crippen LogP contribution in [0.15, 0.2) is 42.5 Å². The van der Waals surface area contributed by atoms with Crippen LogP contribution in [0.25, 0.3) is 16.8 Å². The summed E-state index contributed by atoms with van der Waals surface area (Å²) in [6.07, 6.45) is 4.19. The summed E-state index contributed by atoms with van der Waals surface area (Å²) < 4.78 is 4.91. The van der Waals surface area contributed by atoms with Crippen molar-refractivity contribution < 1.29 is 9.53 Å². The first kappa shape index (κ1) is 13.3. The lowest BCUT2D eigenvalue weighted by molar-refractivity contribution is -0.142. The van der Waals surface area contributed by atoms with Crippen molar-refractivity contribution in [3.05, 3.63) is 53.6 Å². The van der Waals surface area contributed by atoms with E-state index >= 15 is 0 Å². The van der Waals surface area contributed by atoms with Crippen LogP contribution in [-0.4, -0.2) is 12.6 Å². The van der Waals surface area contributed by atoms with Crippen LogP contribution in [0, 0.1) is 6.92 Å². The van der Waals surface area contributed by atoms with Crippen LogP contribution in [0.1, 0.15) is 24.5 Å². The summed E-state index contributed by atoms with van der Waals surface area (Å²) in [5.41, 5.74) is 2.38. The van der Waals surface area contributed by atoms with Gasteiger partial charge < -0.3 is 4.74 Å². The second kappa shape index (κ2) is 6.19. The van der Waals surface area contributed by atoms with Crippen molar-refractivity contribution in [2.24, 2.45) is 0 Å². The number of aryl methyl sites for hydroxylation is 1. The average molecular weight is 254 g/mol. The fraction of sp³-hybridized carbons (Fsp3) is 0.235. The van der Waals surface area contributed by atoms with Crippen molar-refractivity contribution in [3.63, 3.8) is 0 Å². The van der Waals surface area contributed by atoms with Crippen molar-refractivity contribution in [2.75, 3.05) is 6.61 Å². The number of rotatable bonds is 4. The third-order valence-electron chi connectivity index (χ3n) is 3.06. The molecule has 0 fully saturated rings. The van der Waals surface area contributed by atoms with E-state index in [2.05, 4.69) is 31.2 Å². The van der Waals surface area contributed by atoms with E-state index in [1.54, 1.807) is 0 Å². The summed E-state index contributed by atoms with van der Waals surface area (Å²) in [6, 6.07) is 12.5. The summed E-state index contributed by atoms with van der Waals surface area (Å²) in [5, 5.41) is 2.42. The molecule has 0 radical (unpaired) electrons. The highest BCUT2D eigenvalue weighted by Gasteiger charge is 2.02. The van der Waals surface area contributed by atoms with Gasteiger partial charge in [-0.25, -0.2) is 0 Å². The number of fused-ring (bicyclic) bond motifs is 1. The zero-order valence-electron chi connectivity index (χ0n) is 11.3. The van der Waals surface area contributed by atoms with Gasteiger partial charge in [0.15, 0.2) is 0 Å². The Labute approximate surface area is 113 Å². The summed E-state index contributed by atoms with van der Waals surface area (Å²) in [7, 11) is 0. The number of hydrogen-bond donors (Lipinski definition) is 0. The topological polar surface area (TPSA) is 26.3 Å². The Balaban J connectivity index is 2.27. The molecule has 0 aliphatic carbocycles. The van der Waals surface area contributed by atoms with Gasteiger partial charge in [0.2, 0.25) is 0 Å². The van der Waals surface area contributed by atoms with Gasteiger partial charge >= 0.3 is 5.97 Å². The first-order valence-corrected chi connectivity index (χ1v) is 6.53. The number of hydrogen-bond acceptors (Lipinski definition) is 2. The second-order valence-electron chi connectivity index (χ2n) is 4.43. The quantitative estimate of drug-likeness (QED) is 0.767. The van der Waals surface area contributed by atoms with E-state index in [1.165, 1.54) is 21.9 Å². The van der Waals surface area contributed by atoms with E-state index in [1.807, 2.05) is 31.2 Å². The highest BCUT2D eigenvalue weighted by Crippen LogP contribution is 2.23. The van der Waals surface area contributed by atoms with Gasteiger partial charge in [0.05, 0.1) is 13.0 Å². The molecule has 0 saturated heterocycles. The van der Waals surface area contributed by atoms with Gasteiger partial charge in [-0.2, -0.15) is 0 Å². The molecule has 0 bridgehead atoms. The fourth-order valence-corrected chi connectivity index (χ4v) is 2.12. The minimum atomic E-state index is -0.184. The van der Waals surface area contributed by atoms with Crippen LogP contribution in [0.3, 0.4) is 0 Å². The smallest absolute Gasteiger partial charge is 0.309 e. The molecule has 98 valence electrons. The molecule has 19 heavy (non-hydrogen) atoms. The Morgan fingerprint density at radius 1 is 1.21 bits per heavy atom. The Morgan fingerprint density at radius 3 is 2.79 bits per heavy atom. The molecule has 0 N–H and O–H groups in total.